The van der Waals surface area contributed by atoms with E-state index < -0.39 is 5.37 Å². The van der Waals surface area contributed by atoms with E-state index >= 15 is 0 Å². The van der Waals surface area contributed by atoms with Crippen molar-refractivity contribution in [2.24, 2.45) is 0 Å². The van der Waals surface area contributed by atoms with Gasteiger partial charge in [-0.3, -0.25) is 4.79 Å². The van der Waals surface area contributed by atoms with Crippen molar-refractivity contribution in [3.05, 3.63) is 34.9 Å². The van der Waals surface area contributed by atoms with Crippen molar-refractivity contribution in [3.63, 3.8) is 0 Å². The highest BCUT2D eigenvalue weighted by atomic mass is 35.5. The quantitative estimate of drug-likeness (QED) is 0.551. The SMILES string of the molecule is CN(Cc1ccc(Cl)cc1)C(=O)Cl. The van der Waals surface area contributed by atoms with Crippen LogP contribution in [0.2, 0.25) is 5.02 Å². The molecular weight excluding hydrogens is 209 g/mol. The van der Waals surface area contributed by atoms with Gasteiger partial charge in [-0.1, -0.05) is 23.7 Å². The molecule has 1 amide bonds. The van der Waals surface area contributed by atoms with Crippen LogP contribution < -0.4 is 0 Å². The lowest BCUT2D eigenvalue weighted by Crippen LogP contribution is -2.19. The van der Waals surface area contributed by atoms with Gasteiger partial charge in [0.05, 0.1) is 0 Å². The van der Waals surface area contributed by atoms with Crippen LogP contribution in [0.1, 0.15) is 5.56 Å². The summed E-state index contributed by atoms with van der Waals surface area (Å²) in [6.07, 6.45) is 0. The predicted molar refractivity (Wildman–Crippen MR) is 54.2 cm³/mol. The Kier molecular flexibility index (Phi) is 3.58. The average molecular weight is 218 g/mol. The molecule has 0 bridgehead atoms. The molecule has 1 aromatic carbocycles. The molecule has 0 spiro atoms. The lowest BCUT2D eigenvalue weighted by Gasteiger charge is -2.12. The van der Waals surface area contributed by atoms with E-state index in [-0.39, 0.29) is 0 Å². The number of hydrogen-bond acceptors (Lipinski definition) is 1. The van der Waals surface area contributed by atoms with Crippen LogP contribution >= 0.6 is 23.2 Å². The Labute approximate surface area is 87.1 Å². The topological polar surface area (TPSA) is 20.3 Å². The van der Waals surface area contributed by atoms with Crippen LogP contribution in [-0.2, 0) is 6.54 Å². The number of halogens is 2. The van der Waals surface area contributed by atoms with Gasteiger partial charge in [0.25, 0.3) is 0 Å². The first-order valence-electron chi connectivity index (χ1n) is 3.74. The Hall–Kier alpha value is -0.730. The minimum atomic E-state index is -0.463. The minimum Gasteiger partial charge on any atom is -0.328 e. The number of carbonyl (C=O) groups is 1. The van der Waals surface area contributed by atoms with E-state index in [1.165, 1.54) is 4.90 Å². The molecule has 4 heteroatoms. The second-order valence-electron chi connectivity index (χ2n) is 2.74. The molecule has 0 aliphatic rings. The molecule has 0 N–H and O–H groups in total. The monoisotopic (exact) mass is 217 g/mol. The molecule has 0 heterocycles. The van der Waals surface area contributed by atoms with Crippen molar-refractivity contribution in [1.82, 2.24) is 4.90 Å². The van der Waals surface area contributed by atoms with E-state index in [0.29, 0.717) is 11.6 Å². The Morgan fingerprint density at radius 2 is 1.92 bits per heavy atom. The van der Waals surface area contributed by atoms with Gasteiger partial charge >= 0.3 is 5.37 Å². The zero-order chi connectivity index (χ0) is 9.84. The molecule has 0 radical (unpaired) electrons. The van der Waals surface area contributed by atoms with Crippen LogP contribution in [0.5, 0.6) is 0 Å². The van der Waals surface area contributed by atoms with Crippen molar-refractivity contribution in [3.8, 4) is 0 Å². The van der Waals surface area contributed by atoms with E-state index in [9.17, 15) is 4.79 Å². The highest BCUT2D eigenvalue weighted by Gasteiger charge is 2.04. The summed E-state index contributed by atoms with van der Waals surface area (Å²) < 4.78 is 0. The maximum atomic E-state index is 10.7. The third kappa shape index (κ3) is 3.25. The highest BCUT2D eigenvalue weighted by molar-refractivity contribution is 6.62. The minimum absolute atomic E-state index is 0.463. The van der Waals surface area contributed by atoms with E-state index in [2.05, 4.69) is 0 Å². The van der Waals surface area contributed by atoms with Crippen LogP contribution in [0.15, 0.2) is 24.3 Å². The lowest BCUT2D eigenvalue weighted by atomic mass is 10.2. The standard InChI is InChI=1S/C9H9Cl2NO/c1-12(9(11)13)6-7-2-4-8(10)5-3-7/h2-5H,6H2,1H3. The van der Waals surface area contributed by atoms with E-state index in [1.807, 2.05) is 12.1 Å². The zero-order valence-corrected chi connectivity index (χ0v) is 8.64. The molecule has 0 atom stereocenters. The first-order chi connectivity index (χ1) is 6.09. The highest BCUT2D eigenvalue weighted by Crippen LogP contribution is 2.11. The Morgan fingerprint density at radius 3 is 2.38 bits per heavy atom. The van der Waals surface area contributed by atoms with Gasteiger partial charge in [0.15, 0.2) is 0 Å². The van der Waals surface area contributed by atoms with E-state index in [0.717, 1.165) is 5.56 Å². The second-order valence-corrected chi connectivity index (χ2v) is 3.50. The van der Waals surface area contributed by atoms with Gasteiger partial charge in [-0.05, 0) is 29.3 Å². The molecule has 0 aliphatic carbocycles. The van der Waals surface area contributed by atoms with E-state index in [1.54, 1.807) is 19.2 Å². The maximum absolute atomic E-state index is 10.7. The lowest BCUT2D eigenvalue weighted by molar-refractivity contribution is 0.230. The Morgan fingerprint density at radius 1 is 1.38 bits per heavy atom. The molecule has 2 nitrogen and oxygen atoms in total. The molecule has 0 fully saturated rings. The zero-order valence-electron chi connectivity index (χ0n) is 7.13. The normalized spacial score (nSPS) is 9.77. The van der Waals surface area contributed by atoms with Gasteiger partial charge in [-0.2, -0.15) is 0 Å². The van der Waals surface area contributed by atoms with Crippen LogP contribution in [0.25, 0.3) is 0 Å². The van der Waals surface area contributed by atoms with Crippen molar-refractivity contribution in [1.29, 1.82) is 0 Å². The van der Waals surface area contributed by atoms with Crippen LogP contribution in [0.3, 0.4) is 0 Å². The molecule has 70 valence electrons. The summed E-state index contributed by atoms with van der Waals surface area (Å²) in [5.74, 6) is 0. The largest absolute Gasteiger partial charge is 0.328 e. The molecule has 0 saturated carbocycles. The fourth-order valence-electron chi connectivity index (χ4n) is 0.926. The summed E-state index contributed by atoms with van der Waals surface area (Å²) in [4.78, 5) is 12.1. The summed E-state index contributed by atoms with van der Waals surface area (Å²) in [7, 11) is 1.64. The molecule has 1 rings (SSSR count). The molecule has 0 aromatic heterocycles. The number of rotatable bonds is 2. The average Bonchev–Trinajstić information content (AvgIpc) is 2.08. The molecule has 1 aromatic rings. The molecular formula is C9H9Cl2NO. The van der Waals surface area contributed by atoms with Crippen LogP contribution in [-0.4, -0.2) is 17.3 Å². The summed E-state index contributed by atoms with van der Waals surface area (Å²) in [5.41, 5.74) is 1.00. The number of amides is 1. The first kappa shape index (κ1) is 10.4. The molecule has 0 unspecified atom stereocenters. The van der Waals surface area contributed by atoms with Crippen molar-refractivity contribution < 1.29 is 4.79 Å². The van der Waals surface area contributed by atoms with Crippen LogP contribution in [0.4, 0.5) is 4.79 Å². The summed E-state index contributed by atoms with van der Waals surface area (Å²) >= 11 is 11.0. The van der Waals surface area contributed by atoms with E-state index in [4.69, 9.17) is 23.2 Å². The fraction of sp³-hybridized carbons (Fsp3) is 0.222. The van der Waals surface area contributed by atoms with Crippen LogP contribution in [0, 0.1) is 0 Å². The Bertz CT molecular complexity index is 297. The van der Waals surface area contributed by atoms with Gasteiger partial charge in [0.2, 0.25) is 0 Å². The fourth-order valence-corrected chi connectivity index (χ4v) is 1.11. The summed E-state index contributed by atoms with van der Waals surface area (Å²) in [5, 5.41) is 0.221. The summed E-state index contributed by atoms with van der Waals surface area (Å²) in [6.45, 7) is 0.500. The van der Waals surface area contributed by atoms with Gasteiger partial charge in [-0.25, -0.2) is 0 Å². The van der Waals surface area contributed by atoms with Gasteiger partial charge in [-0.15, -0.1) is 0 Å². The second kappa shape index (κ2) is 4.49. The number of nitrogens with zero attached hydrogens (tertiary/aromatic N) is 1. The Balaban J connectivity index is 2.64. The third-order valence-electron chi connectivity index (χ3n) is 1.63. The smallest absolute Gasteiger partial charge is 0.316 e. The predicted octanol–water partition coefficient (Wildman–Crippen LogP) is 3.13. The first-order valence-corrected chi connectivity index (χ1v) is 4.50. The molecule has 0 aliphatic heterocycles. The molecule has 0 saturated heterocycles. The molecule has 13 heavy (non-hydrogen) atoms. The van der Waals surface area contributed by atoms with Gasteiger partial charge < -0.3 is 4.90 Å². The number of hydrogen-bond donors (Lipinski definition) is 0. The van der Waals surface area contributed by atoms with Crippen molar-refractivity contribution in [2.75, 3.05) is 7.05 Å². The van der Waals surface area contributed by atoms with Crippen molar-refractivity contribution >= 4 is 28.6 Å². The van der Waals surface area contributed by atoms with Gasteiger partial charge in [0, 0.05) is 18.6 Å². The third-order valence-corrected chi connectivity index (χ3v) is 2.17. The van der Waals surface area contributed by atoms with Crippen molar-refractivity contribution in [2.45, 2.75) is 6.54 Å². The van der Waals surface area contributed by atoms with Gasteiger partial charge in [0.1, 0.15) is 0 Å². The number of carbonyl (C=O) groups excluding carboxylic acids is 1. The maximum Gasteiger partial charge on any atom is 0.316 e. The summed E-state index contributed by atoms with van der Waals surface area (Å²) in [6, 6.07) is 7.28. The number of benzene rings is 1.